The molecule has 0 spiro atoms. The minimum absolute atomic E-state index is 0.378. The second-order valence-electron chi connectivity index (χ2n) is 2.16. The van der Waals surface area contributed by atoms with E-state index in [0.29, 0.717) is 0 Å². The van der Waals surface area contributed by atoms with Gasteiger partial charge in [0.2, 0.25) is 0 Å². The van der Waals surface area contributed by atoms with Gasteiger partial charge in [-0.2, -0.15) is 8.42 Å². The highest BCUT2D eigenvalue weighted by Gasteiger charge is 2.11. The van der Waals surface area contributed by atoms with Crippen LogP contribution in [-0.4, -0.2) is 24.8 Å². The Kier molecular flexibility index (Phi) is 4.14. The van der Waals surface area contributed by atoms with Crippen LogP contribution in [0.15, 0.2) is 12.3 Å². The van der Waals surface area contributed by atoms with Crippen LogP contribution in [-0.2, 0) is 14.9 Å². The van der Waals surface area contributed by atoms with E-state index in [9.17, 15) is 8.42 Å². The third kappa shape index (κ3) is 7.35. The predicted octanol–water partition coefficient (Wildman–Crippen LogP) is 0.813. The van der Waals surface area contributed by atoms with Gasteiger partial charge >= 0.3 is 0 Å². The molecule has 5 heteroatoms. The molecular weight excluding hydrogens is 168 g/mol. The first-order valence-corrected chi connectivity index (χ1v) is 4.78. The summed E-state index contributed by atoms with van der Waals surface area (Å²) >= 11 is 0. The summed E-state index contributed by atoms with van der Waals surface area (Å²) in [6.07, 6.45) is 2.51. The highest BCUT2D eigenvalue weighted by atomic mass is 32.2. The van der Waals surface area contributed by atoms with E-state index in [-0.39, 0.29) is 5.75 Å². The van der Waals surface area contributed by atoms with Gasteiger partial charge in [0.05, 0.1) is 6.26 Å². The minimum Gasteiger partial charge on any atom is -0.498 e. The molecular formula is C6H12O4S. The second-order valence-corrected chi connectivity index (χ2v) is 3.66. The fraction of sp³-hybridized carbons (Fsp3) is 0.667. The van der Waals surface area contributed by atoms with Gasteiger partial charge in [-0.1, -0.05) is 6.08 Å². The Hall–Kier alpha value is -0.550. The van der Waals surface area contributed by atoms with E-state index in [1.54, 1.807) is 19.9 Å². The molecule has 0 rings (SSSR count). The van der Waals surface area contributed by atoms with Crippen molar-refractivity contribution in [2.45, 2.75) is 20.0 Å². The number of ether oxygens (including phenoxy) is 1. The van der Waals surface area contributed by atoms with Gasteiger partial charge < -0.3 is 4.74 Å². The van der Waals surface area contributed by atoms with E-state index >= 15 is 0 Å². The van der Waals surface area contributed by atoms with E-state index in [0.717, 1.165) is 0 Å². The fourth-order valence-electron chi connectivity index (χ4n) is 0.549. The molecule has 0 saturated heterocycles. The maximum Gasteiger partial charge on any atom is 0.268 e. The van der Waals surface area contributed by atoms with Gasteiger partial charge in [-0.3, -0.25) is 4.55 Å². The average Bonchev–Trinajstić information content (AvgIpc) is 1.79. The van der Waals surface area contributed by atoms with Crippen molar-refractivity contribution in [3.8, 4) is 0 Å². The molecule has 0 aromatic rings. The first-order valence-electron chi connectivity index (χ1n) is 3.17. The van der Waals surface area contributed by atoms with Crippen LogP contribution in [0.5, 0.6) is 0 Å². The Morgan fingerprint density at radius 2 is 2.18 bits per heavy atom. The predicted molar refractivity (Wildman–Crippen MR) is 41.8 cm³/mol. The van der Waals surface area contributed by atoms with Gasteiger partial charge in [-0.15, -0.1) is 0 Å². The zero-order chi connectivity index (χ0) is 8.91. The first-order chi connectivity index (χ1) is 4.95. The number of allylic oxidation sites excluding steroid dienone is 1. The van der Waals surface area contributed by atoms with Gasteiger partial charge in [0.25, 0.3) is 10.1 Å². The SMILES string of the molecule is CC=COC(C)CS(=O)(=O)O. The maximum absolute atomic E-state index is 10.3. The zero-order valence-corrected chi connectivity index (χ0v) is 7.34. The lowest BCUT2D eigenvalue weighted by Crippen LogP contribution is -2.18. The fourth-order valence-corrected chi connectivity index (χ4v) is 1.22. The van der Waals surface area contributed by atoms with Gasteiger partial charge in [0, 0.05) is 0 Å². The van der Waals surface area contributed by atoms with Gasteiger partial charge in [-0.05, 0) is 13.8 Å². The lowest BCUT2D eigenvalue weighted by Gasteiger charge is -2.07. The van der Waals surface area contributed by atoms with Crippen molar-refractivity contribution in [2.24, 2.45) is 0 Å². The van der Waals surface area contributed by atoms with Crippen molar-refractivity contribution >= 4 is 10.1 Å². The molecule has 0 saturated carbocycles. The van der Waals surface area contributed by atoms with E-state index in [1.165, 1.54) is 6.26 Å². The number of rotatable bonds is 4. The molecule has 1 unspecified atom stereocenters. The van der Waals surface area contributed by atoms with Crippen molar-refractivity contribution in [1.29, 1.82) is 0 Å². The molecule has 4 nitrogen and oxygen atoms in total. The van der Waals surface area contributed by atoms with Crippen molar-refractivity contribution in [1.82, 2.24) is 0 Å². The van der Waals surface area contributed by atoms with Crippen LogP contribution in [0.1, 0.15) is 13.8 Å². The summed E-state index contributed by atoms with van der Waals surface area (Å²) < 4.78 is 33.7. The molecule has 0 aliphatic rings. The summed E-state index contributed by atoms with van der Waals surface area (Å²) in [5.74, 6) is -0.378. The molecule has 0 aliphatic heterocycles. The molecule has 66 valence electrons. The van der Waals surface area contributed by atoms with Crippen LogP contribution in [0.4, 0.5) is 0 Å². The lowest BCUT2D eigenvalue weighted by molar-refractivity contribution is 0.179. The Labute approximate surface area is 66.6 Å². The highest BCUT2D eigenvalue weighted by molar-refractivity contribution is 7.85. The van der Waals surface area contributed by atoms with Crippen molar-refractivity contribution in [3.63, 3.8) is 0 Å². The second kappa shape index (κ2) is 4.35. The van der Waals surface area contributed by atoms with Crippen LogP contribution in [0, 0.1) is 0 Å². The third-order valence-corrected chi connectivity index (χ3v) is 1.78. The molecule has 0 aromatic carbocycles. The smallest absolute Gasteiger partial charge is 0.268 e. The first kappa shape index (κ1) is 10.4. The monoisotopic (exact) mass is 180 g/mol. The van der Waals surface area contributed by atoms with Crippen LogP contribution in [0.25, 0.3) is 0 Å². The molecule has 0 fully saturated rings. The van der Waals surface area contributed by atoms with Gasteiger partial charge in [0.1, 0.15) is 11.9 Å². The van der Waals surface area contributed by atoms with Crippen molar-refractivity contribution in [3.05, 3.63) is 12.3 Å². The average molecular weight is 180 g/mol. The van der Waals surface area contributed by atoms with E-state index in [2.05, 4.69) is 0 Å². The third-order valence-electron chi connectivity index (χ3n) is 0.892. The molecule has 0 heterocycles. The topological polar surface area (TPSA) is 63.6 Å². The quantitative estimate of drug-likeness (QED) is 0.513. The highest BCUT2D eigenvalue weighted by Crippen LogP contribution is 1.95. The number of hydrogen-bond donors (Lipinski definition) is 1. The molecule has 1 atom stereocenters. The van der Waals surface area contributed by atoms with Gasteiger partial charge in [-0.25, -0.2) is 0 Å². The molecule has 0 bridgehead atoms. The lowest BCUT2D eigenvalue weighted by atomic mass is 10.5. The van der Waals surface area contributed by atoms with Crippen molar-refractivity contribution in [2.75, 3.05) is 5.75 Å². The summed E-state index contributed by atoms with van der Waals surface area (Å²) in [6.45, 7) is 3.31. The molecule has 0 aliphatic carbocycles. The standard InChI is InChI=1S/C6H12O4S/c1-3-4-10-6(2)5-11(7,8)9/h3-4,6H,5H2,1-2H3,(H,7,8,9). The van der Waals surface area contributed by atoms with E-state index in [1.807, 2.05) is 0 Å². The maximum atomic E-state index is 10.3. The summed E-state index contributed by atoms with van der Waals surface area (Å²) in [7, 11) is -3.91. The van der Waals surface area contributed by atoms with Crippen LogP contribution >= 0.6 is 0 Å². The Morgan fingerprint density at radius 3 is 2.55 bits per heavy atom. The summed E-state index contributed by atoms with van der Waals surface area (Å²) in [5, 5.41) is 0. The molecule has 0 amide bonds. The van der Waals surface area contributed by atoms with E-state index < -0.39 is 16.2 Å². The van der Waals surface area contributed by atoms with E-state index in [4.69, 9.17) is 9.29 Å². The van der Waals surface area contributed by atoms with Crippen LogP contribution < -0.4 is 0 Å². The zero-order valence-electron chi connectivity index (χ0n) is 6.52. The van der Waals surface area contributed by atoms with Crippen LogP contribution in [0.2, 0.25) is 0 Å². The molecule has 1 N–H and O–H groups in total. The molecule has 11 heavy (non-hydrogen) atoms. The summed E-state index contributed by atoms with van der Waals surface area (Å²) in [4.78, 5) is 0. The Morgan fingerprint density at radius 1 is 1.64 bits per heavy atom. The largest absolute Gasteiger partial charge is 0.498 e. The number of hydrogen-bond acceptors (Lipinski definition) is 3. The molecule has 0 aromatic heterocycles. The summed E-state index contributed by atoms with van der Waals surface area (Å²) in [6, 6.07) is 0. The Balaban J connectivity index is 3.79. The minimum atomic E-state index is -3.91. The van der Waals surface area contributed by atoms with Crippen molar-refractivity contribution < 1.29 is 17.7 Å². The summed E-state index contributed by atoms with van der Waals surface area (Å²) in [5.41, 5.74) is 0. The van der Waals surface area contributed by atoms with Gasteiger partial charge in [0.15, 0.2) is 0 Å². The Bertz CT molecular complexity index is 217. The normalized spacial score (nSPS) is 15.2. The molecule has 0 radical (unpaired) electrons. The van der Waals surface area contributed by atoms with Crippen LogP contribution in [0.3, 0.4) is 0 Å².